The van der Waals surface area contributed by atoms with E-state index in [-0.39, 0.29) is 11.9 Å². The first-order chi connectivity index (χ1) is 7.68. The van der Waals surface area contributed by atoms with Gasteiger partial charge in [0.05, 0.1) is 5.02 Å². The van der Waals surface area contributed by atoms with Crippen molar-refractivity contribution in [2.24, 2.45) is 5.92 Å². The summed E-state index contributed by atoms with van der Waals surface area (Å²) in [5.74, 6) is 0.422. The number of hydrogen-bond donors (Lipinski definition) is 0. The fourth-order valence-corrected chi connectivity index (χ4v) is 2.13. The Balaban J connectivity index is 2.05. The predicted octanol–water partition coefficient (Wildman–Crippen LogP) is 2.27. The van der Waals surface area contributed by atoms with Gasteiger partial charge in [0.25, 0.3) is 0 Å². The number of pyridine rings is 1. The summed E-state index contributed by atoms with van der Waals surface area (Å²) in [4.78, 5) is 15.9. The van der Waals surface area contributed by atoms with E-state index in [9.17, 15) is 4.79 Å². The maximum absolute atomic E-state index is 12.0. The summed E-state index contributed by atoms with van der Waals surface area (Å²) < 4.78 is 5.43. The van der Waals surface area contributed by atoms with E-state index in [1.165, 1.54) is 0 Å². The van der Waals surface area contributed by atoms with Gasteiger partial charge in [0.1, 0.15) is 6.10 Å². The number of aromatic nitrogens is 1. The summed E-state index contributed by atoms with van der Waals surface area (Å²) in [7, 11) is 0. The third-order valence-electron chi connectivity index (χ3n) is 2.93. The lowest BCUT2D eigenvalue weighted by Gasteiger charge is -2.13. The van der Waals surface area contributed by atoms with Crippen molar-refractivity contribution in [3.63, 3.8) is 0 Å². The number of halogens is 1. The maximum atomic E-state index is 12.0. The van der Waals surface area contributed by atoms with Crippen LogP contribution in [0.3, 0.4) is 0 Å². The summed E-state index contributed by atoms with van der Waals surface area (Å²) >= 11 is 5.96. The summed E-state index contributed by atoms with van der Waals surface area (Å²) in [5.41, 5.74) is 0.823. The fraction of sp³-hybridized carbons (Fsp3) is 0.500. The highest BCUT2D eigenvalue weighted by Gasteiger charge is 2.30. The highest BCUT2D eigenvalue weighted by Crippen LogP contribution is 2.23. The molecule has 0 aliphatic carbocycles. The van der Waals surface area contributed by atoms with Crippen LogP contribution in [0, 0.1) is 5.92 Å². The predicted molar refractivity (Wildman–Crippen MR) is 61.5 cm³/mol. The number of carbonyl (C=O) groups excluding carboxylic acids is 1. The first-order valence-corrected chi connectivity index (χ1v) is 5.79. The molecule has 2 heterocycles. The van der Waals surface area contributed by atoms with Crippen molar-refractivity contribution in [3.05, 3.63) is 29.0 Å². The van der Waals surface area contributed by atoms with Crippen LogP contribution in [0.4, 0.5) is 0 Å². The molecule has 1 aliphatic rings. The topological polar surface area (TPSA) is 39.2 Å². The Morgan fingerprint density at radius 1 is 1.69 bits per heavy atom. The minimum atomic E-state index is -0.260. The van der Waals surface area contributed by atoms with E-state index >= 15 is 0 Å². The molecule has 1 aromatic heterocycles. The van der Waals surface area contributed by atoms with Crippen LogP contribution in [0.25, 0.3) is 0 Å². The highest BCUT2D eigenvalue weighted by atomic mass is 35.5. The number of rotatable bonds is 3. The zero-order chi connectivity index (χ0) is 11.5. The van der Waals surface area contributed by atoms with Crippen molar-refractivity contribution in [1.29, 1.82) is 0 Å². The Morgan fingerprint density at radius 2 is 2.50 bits per heavy atom. The second-order valence-electron chi connectivity index (χ2n) is 4.17. The van der Waals surface area contributed by atoms with E-state index < -0.39 is 0 Å². The quantitative estimate of drug-likeness (QED) is 0.812. The van der Waals surface area contributed by atoms with Crippen molar-refractivity contribution >= 4 is 17.4 Å². The van der Waals surface area contributed by atoms with Crippen LogP contribution in [-0.2, 0) is 16.0 Å². The first-order valence-electron chi connectivity index (χ1n) is 5.41. The minimum absolute atomic E-state index is 0.109. The second-order valence-corrected chi connectivity index (χ2v) is 4.57. The van der Waals surface area contributed by atoms with Crippen LogP contribution in [-0.4, -0.2) is 23.5 Å². The number of carbonyl (C=O) groups is 1. The van der Waals surface area contributed by atoms with Gasteiger partial charge < -0.3 is 4.74 Å². The fourth-order valence-electron chi connectivity index (χ4n) is 1.94. The SMILES string of the molecule is CC1CCOC1C(=O)Cc1ccncc1Cl. The molecule has 2 atom stereocenters. The molecule has 0 aromatic carbocycles. The number of ketones is 1. The van der Waals surface area contributed by atoms with Crippen molar-refractivity contribution < 1.29 is 9.53 Å². The van der Waals surface area contributed by atoms with Gasteiger partial charge in [-0.25, -0.2) is 0 Å². The van der Waals surface area contributed by atoms with Gasteiger partial charge in [0.2, 0.25) is 0 Å². The third kappa shape index (κ3) is 2.42. The molecule has 1 saturated heterocycles. The molecule has 0 saturated carbocycles. The van der Waals surface area contributed by atoms with Crippen LogP contribution in [0.2, 0.25) is 5.02 Å². The standard InChI is InChI=1S/C12H14ClNO2/c1-8-3-5-16-12(8)11(15)6-9-2-4-14-7-10(9)13/h2,4,7-8,12H,3,5-6H2,1H3. The lowest BCUT2D eigenvalue weighted by Crippen LogP contribution is -2.26. The maximum Gasteiger partial charge on any atom is 0.166 e. The first kappa shape index (κ1) is 11.6. The molecule has 1 fully saturated rings. The second kappa shape index (κ2) is 4.93. The Kier molecular flexibility index (Phi) is 3.56. The third-order valence-corrected chi connectivity index (χ3v) is 3.27. The summed E-state index contributed by atoms with van der Waals surface area (Å²) in [6.07, 6.45) is 4.23. The van der Waals surface area contributed by atoms with E-state index in [2.05, 4.69) is 4.98 Å². The molecule has 1 aromatic rings. The Labute approximate surface area is 99.8 Å². The van der Waals surface area contributed by atoms with Gasteiger partial charge in [-0.15, -0.1) is 0 Å². The minimum Gasteiger partial charge on any atom is -0.370 e. The summed E-state index contributed by atoms with van der Waals surface area (Å²) in [6, 6.07) is 1.78. The lowest BCUT2D eigenvalue weighted by molar-refractivity contribution is -0.128. The van der Waals surface area contributed by atoms with E-state index in [0.29, 0.717) is 24.0 Å². The Hall–Kier alpha value is -0.930. The smallest absolute Gasteiger partial charge is 0.166 e. The Morgan fingerprint density at radius 3 is 3.12 bits per heavy atom. The molecule has 3 nitrogen and oxygen atoms in total. The molecule has 2 rings (SSSR count). The Bertz CT molecular complexity index is 394. The highest BCUT2D eigenvalue weighted by molar-refractivity contribution is 6.31. The van der Waals surface area contributed by atoms with Crippen molar-refractivity contribution in [1.82, 2.24) is 4.98 Å². The molecule has 0 bridgehead atoms. The van der Waals surface area contributed by atoms with E-state index in [1.807, 2.05) is 6.92 Å². The molecule has 4 heteroatoms. The normalized spacial score (nSPS) is 24.6. The number of nitrogens with zero attached hydrogens (tertiary/aromatic N) is 1. The van der Waals surface area contributed by atoms with Crippen LogP contribution < -0.4 is 0 Å². The monoisotopic (exact) mass is 239 g/mol. The van der Waals surface area contributed by atoms with Crippen LogP contribution in [0.5, 0.6) is 0 Å². The lowest BCUT2D eigenvalue weighted by atomic mass is 9.97. The van der Waals surface area contributed by atoms with Gasteiger partial charge in [-0.2, -0.15) is 0 Å². The molecule has 16 heavy (non-hydrogen) atoms. The van der Waals surface area contributed by atoms with Gasteiger partial charge in [-0.1, -0.05) is 18.5 Å². The van der Waals surface area contributed by atoms with E-state index in [4.69, 9.17) is 16.3 Å². The zero-order valence-corrected chi connectivity index (χ0v) is 9.91. The average molecular weight is 240 g/mol. The van der Waals surface area contributed by atoms with E-state index in [1.54, 1.807) is 18.5 Å². The van der Waals surface area contributed by atoms with Gasteiger partial charge >= 0.3 is 0 Å². The van der Waals surface area contributed by atoms with Crippen molar-refractivity contribution in [2.45, 2.75) is 25.9 Å². The van der Waals surface area contributed by atoms with Crippen molar-refractivity contribution in [2.75, 3.05) is 6.61 Å². The van der Waals surface area contributed by atoms with E-state index in [0.717, 1.165) is 12.0 Å². The number of hydrogen-bond acceptors (Lipinski definition) is 3. The van der Waals surface area contributed by atoms with Gasteiger partial charge in [-0.05, 0) is 24.0 Å². The number of ether oxygens (including phenoxy) is 1. The molecule has 0 amide bonds. The molecule has 0 spiro atoms. The zero-order valence-electron chi connectivity index (χ0n) is 9.15. The van der Waals surface area contributed by atoms with Crippen molar-refractivity contribution in [3.8, 4) is 0 Å². The molecular weight excluding hydrogens is 226 g/mol. The van der Waals surface area contributed by atoms with Crippen LogP contribution in [0.1, 0.15) is 18.9 Å². The molecular formula is C12H14ClNO2. The van der Waals surface area contributed by atoms with Gasteiger partial charge in [0.15, 0.2) is 5.78 Å². The van der Waals surface area contributed by atoms with Crippen LogP contribution >= 0.6 is 11.6 Å². The largest absolute Gasteiger partial charge is 0.370 e. The van der Waals surface area contributed by atoms with Gasteiger partial charge in [-0.3, -0.25) is 9.78 Å². The molecule has 86 valence electrons. The molecule has 2 unspecified atom stereocenters. The van der Waals surface area contributed by atoms with Crippen LogP contribution in [0.15, 0.2) is 18.5 Å². The molecule has 0 N–H and O–H groups in total. The summed E-state index contributed by atoms with van der Waals surface area (Å²) in [6.45, 7) is 2.73. The number of Topliss-reactive ketones (excluding diaryl/α,β-unsaturated/α-hetero) is 1. The summed E-state index contributed by atoms with van der Waals surface area (Å²) in [5, 5.41) is 0.543. The molecule has 1 aliphatic heterocycles. The van der Waals surface area contributed by atoms with Gasteiger partial charge in [0, 0.05) is 25.4 Å². The molecule has 0 radical (unpaired) electrons. The average Bonchev–Trinajstić information content (AvgIpc) is 2.68.